The standard InChI is InChI=1S/C6H4ClNO2S.2C2H6/c7-11-6-3-1-5(2-4-6)8(9)10;2*1-2/h1-4H;2*1-2H3. The quantitative estimate of drug-likeness (QED) is 0.553. The highest BCUT2D eigenvalue weighted by Gasteiger charge is 2.02. The van der Waals surface area contributed by atoms with Crippen LogP contribution >= 0.6 is 21.7 Å². The van der Waals surface area contributed by atoms with Crippen LogP contribution in [0.4, 0.5) is 5.69 Å². The Balaban J connectivity index is 0. The third-order valence-electron chi connectivity index (χ3n) is 1.14. The molecule has 86 valence electrons. The summed E-state index contributed by atoms with van der Waals surface area (Å²) in [5.74, 6) is 0. The first kappa shape index (κ1) is 16.7. The van der Waals surface area contributed by atoms with Crippen LogP contribution in [-0.2, 0) is 0 Å². The molecule has 0 aliphatic heterocycles. The van der Waals surface area contributed by atoms with Crippen LogP contribution in [-0.4, -0.2) is 4.92 Å². The molecule has 0 aromatic heterocycles. The number of nitro groups is 1. The van der Waals surface area contributed by atoms with Gasteiger partial charge in [0.1, 0.15) is 0 Å². The lowest BCUT2D eigenvalue weighted by Crippen LogP contribution is -1.85. The summed E-state index contributed by atoms with van der Waals surface area (Å²) in [7, 11) is 6.44. The number of benzene rings is 1. The highest BCUT2D eigenvalue weighted by molar-refractivity contribution is 8.21. The molecule has 0 aliphatic rings. The van der Waals surface area contributed by atoms with Crippen molar-refractivity contribution in [1.29, 1.82) is 0 Å². The molecule has 0 N–H and O–H groups in total. The maximum absolute atomic E-state index is 10.2. The van der Waals surface area contributed by atoms with Crippen LogP contribution in [0, 0.1) is 10.1 Å². The number of hydrogen-bond acceptors (Lipinski definition) is 3. The highest BCUT2D eigenvalue weighted by atomic mass is 35.7. The molecule has 1 aromatic rings. The zero-order chi connectivity index (χ0) is 12.3. The summed E-state index contributed by atoms with van der Waals surface area (Å²) in [6.45, 7) is 8.00. The van der Waals surface area contributed by atoms with E-state index in [0.717, 1.165) is 15.9 Å². The number of rotatable bonds is 2. The monoisotopic (exact) mass is 249 g/mol. The fourth-order valence-corrected chi connectivity index (χ4v) is 1.17. The van der Waals surface area contributed by atoms with Gasteiger partial charge in [-0.15, -0.1) is 0 Å². The van der Waals surface area contributed by atoms with Crippen molar-refractivity contribution >= 4 is 27.3 Å². The van der Waals surface area contributed by atoms with E-state index >= 15 is 0 Å². The number of nitrogens with zero attached hydrogens (tertiary/aromatic N) is 1. The Morgan fingerprint density at radius 1 is 1.13 bits per heavy atom. The second kappa shape index (κ2) is 11.3. The van der Waals surface area contributed by atoms with Gasteiger partial charge in [0.2, 0.25) is 0 Å². The minimum Gasteiger partial charge on any atom is -0.258 e. The molecule has 5 heteroatoms. The molecule has 0 atom stereocenters. The van der Waals surface area contributed by atoms with Gasteiger partial charge in [0.05, 0.1) is 4.92 Å². The van der Waals surface area contributed by atoms with Crippen molar-refractivity contribution in [3.8, 4) is 0 Å². The van der Waals surface area contributed by atoms with Gasteiger partial charge in [-0.05, 0) is 33.8 Å². The van der Waals surface area contributed by atoms with Gasteiger partial charge in [-0.2, -0.15) is 0 Å². The van der Waals surface area contributed by atoms with Gasteiger partial charge in [0, 0.05) is 17.0 Å². The first-order valence-corrected chi connectivity index (χ1v) is 6.41. The summed E-state index contributed by atoms with van der Waals surface area (Å²) in [6.07, 6.45) is 0. The average Bonchev–Trinajstić information content (AvgIpc) is 2.34. The Morgan fingerprint density at radius 3 is 1.80 bits per heavy atom. The van der Waals surface area contributed by atoms with Crippen LogP contribution in [0.1, 0.15) is 27.7 Å². The maximum atomic E-state index is 10.2. The van der Waals surface area contributed by atoms with Crippen molar-refractivity contribution in [2.75, 3.05) is 0 Å². The topological polar surface area (TPSA) is 43.1 Å². The van der Waals surface area contributed by atoms with E-state index in [1.54, 1.807) is 12.1 Å². The molecule has 0 heterocycles. The predicted molar refractivity (Wildman–Crippen MR) is 67.5 cm³/mol. The molecule has 0 aliphatic carbocycles. The largest absolute Gasteiger partial charge is 0.269 e. The lowest BCUT2D eigenvalue weighted by atomic mass is 10.3. The molecule has 0 saturated heterocycles. The molecule has 0 radical (unpaired) electrons. The predicted octanol–water partition coefficient (Wildman–Crippen LogP) is 4.89. The normalized spacial score (nSPS) is 7.80. The van der Waals surface area contributed by atoms with Crippen molar-refractivity contribution in [1.82, 2.24) is 0 Å². The van der Waals surface area contributed by atoms with E-state index in [9.17, 15) is 10.1 Å². The van der Waals surface area contributed by atoms with Crippen LogP contribution in [0.15, 0.2) is 29.2 Å². The van der Waals surface area contributed by atoms with Crippen molar-refractivity contribution in [3.05, 3.63) is 34.4 Å². The van der Waals surface area contributed by atoms with E-state index in [4.69, 9.17) is 10.7 Å². The first-order valence-electron chi connectivity index (χ1n) is 4.77. The summed E-state index contributed by atoms with van der Waals surface area (Å²) in [4.78, 5) is 10.5. The Bertz CT molecular complexity index is 265. The lowest BCUT2D eigenvalue weighted by Gasteiger charge is -1.91. The summed E-state index contributed by atoms with van der Waals surface area (Å²) < 4.78 is 0. The smallest absolute Gasteiger partial charge is 0.258 e. The minimum atomic E-state index is -0.442. The molecule has 15 heavy (non-hydrogen) atoms. The fourth-order valence-electron chi connectivity index (χ4n) is 0.619. The third-order valence-corrected chi connectivity index (χ3v) is 2.12. The van der Waals surface area contributed by atoms with Gasteiger partial charge in [-0.25, -0.2) is 0 Å². The zero-order valence-corrected chi connectivity index (χ0v) is 10.9. The number of halogens is 1. The van der Waals surface area contributed by atoms with Gasteiger partial charge >= 0.3 is 0 Å². The summed E-state index contributed by atoms with van der Waals surface area (Å²) in [6, 6.07) is 6.06. The average molecular weight is 250 g/mol. The molecular weight excluding hydrogens is 234 g/mol. The number of non-ortho nitro benzene ring substituents is 1. The molecule has 0 amide bonds. The molecule has 0 fully saturated rings. The van der Waals surface area contributed by atoms with Gasteiger partial charge in [0.25, 0.3) is 5.69 Å². The Kier molecular flexibility index (Phi) is 12.6. The minimum absolute atomic E-state index is 0.0828. The van der Waals surface area contributed by atoms with E-state index < -0.39 is 4.92 Å². The van der Waals surface area contributed by atoms with Crippen molar-refractivity contribution < 1.29 is 4.92 Å². The van der Waals surface area contributed by atoms with Crippen LogP contribution < -0.4 is 0 Å². The molecule has 0 bridgehead atoms. The van der Waals surface area contributed by atoms with Crippen molar-refractivity contribution in [2.45, 2.75) is 32.6 Å². The van der Waals surface area contributed by atoms with Gasteiger partial charge < -0.3 is 0 Å². The van der Waals surface area contributed by atoms with Crippen LogP contribution in [0.2, 0.25) is 0 Å². The lowest BCUT2D eigenvalue weighted by molar-refractivity contribution is -0.384. The van der Waals surface area contributed by atoms with Crippen LogP contribution in [0.3, 0.4) is 0 Å². The summed E-state index contributed by atoms with van der Waals surface area (Å²) >= 11 is 0. The van der Waals surface area contributed by atoms with E-state index in [1.165, 1.54) is 12.1 Å². The molecule has 3 nitrogen and oxygen atoms in total. The summed E-state index contributed by atoms with van der Waals surface area (Å²) in [5, 5.41) is 10.2. The summed E-state index contributed by atoms with van der Waals surface area (Å²) in [5.41, 5.74) is 0.0828. The molecule has 1 aromatic carbocycles. The Morgan fingerprint density at radius 2 is 1.53 bits per heavy atom. The fraction of sp³-hybridized carbons (Fsp3) is 0.400. The van der Waals surface area contributed by atoms with Gasteiger partial charge in [-0.3, -0.25) is 10.1 Å². The molecule has 1 rings (SSSR count). The van der Waals surface area contributed by atoms with E-state index in [1.807, 2.05) is 27.7 Å². The number of hydrogen-bond donors (Lipinski definition) is 0. The van der Waals surface area contributed by atoms with E-state index in [0.29, 0.717) is 0 Å². The maximum Gasteiger partial charge on any atom is 0.269 e. The second-order valence-corrected chi connectivity index (χ2v) is 2.92. The second-order valence-electron chi connectivity index (χ2n) is 1.83. The molecule has 0 unspecified atom stereocenters. The third kappa shape index (κ3) is 7.22. The van der Waals surface area contributed by atoms with Gasteiger partial charge in [-0.1, -0.05) is 27.7 Å². The highest BCUT2D eigenvalue weighted by Crippen LogP contribution is 2.23. The van der Waals surface area contributed by atoms with Crippen LogP contribution in [0.25, 0.3) is 0 Å². The number of nitro benzene ring substituents is 1. The SMILES string of the molecule is CC.CC.O=[N+]([O-])c1ccc(SCl)cc1. The van der Waals surface area contributed by atoms with Crippen LogP contribution in [0.5, 0.6) is 0 Å². The molecular formula is C10H16ClNO2S. The van der Waals surface area contributed by atoms with Crippen molar-refractivity contribution in [3.63, 3.8) is 0 Å². The van der Waals surface area contributed by atoms with E-state index in [-0.39, 0.29) is 5.69 Å². The molecule has 0 saturated carbocycles. The van der Waals surface area contributed by atoms with Gasteiger partial charge in [0.15, 0.2) is 0 Å². The van der Waals surface area contributed by atoms with Crippen molar-refractivity contribution in [2.24, 2.45) is 0 Å². The first-order chi connectivity index (χ1) is 7.24. The van der Waals surface area contributed by atoms with E-state index in [2.05, 4.69) is 0 Å². The molecule has 0 spiro atoms. The Hall–Kier alpha value is -0.740. The zero-order valence-electron chi connectivity index (χ0n) is 9.36. The Labute approximate surface area is 99.5 Å².